The molecule has 0 saturated carbocycles. The lowest BCUT2D eigenvalue weighted by molar-refractivity contribution is 0.102. The molecule has 0 aliphatic heterocycles. The molecule has 0 spiro atoms. The van der Waals surface area contributed by atoms with Crippen molar-refractivity contribution in [3.63, 3.8) is 0 Å². The van der Waals surface area contributed by atoms with Crippen LogP contribution in [-0.4, -0.2) is 15.9 Å². The number of imidazole rings is 1. The molecule has 2 aromatic heterocycles. The van der Waals surface area contributed by atoms with Gasteiger partial charge < -0.3 is 10.3 Å². The van der Waals surface area contributed by atoms with Crippen molar-refractivity contribution >= 4 is 33.3 Å². The summed E-state index contributed by atoms with van der Waals surface area (Å²) < 4.78 is 27.3. The fraction of sp³-hybridized carbons (Fsp3) is 0.182. The van der Waals surface area contributed by atoms with E-state index in [-0.39, 0.29) is 5.56 Å². The lowest BCUT2D eigenvalue weighted by Crippen LogP contribution is -2.14. The molecular formula is C22H17F2N3OS. The maximum atomic E-state index is 14.1. The van der Waals surface area contributed by atoms with Gasteiger partial charge >= 0.3 is 0 Å². The Kier molecular flexibility index (Phi) is 4.39. The third kappa shape index (κ3) is 3.21. The lowest BCUT2D eigenvalue weighted by Gasteiger charge is -2.12. The predicted octanol–water partition coefficient (Wildman–Crippen LogP) is 5.70. The number of aryl methyl sites for hydroxylation is 1. The van der Waals surface area contributed by atoms with Crippen molar-refractivity contribution in [1.82, 2.24) is 9.97 Å². The highest BCUT2D eigenvalue weighted by molar-refractivity contribution is 7.17. The maximum Gasteiger partial charge on any atom is 0.259 e. The van der Waals surface area contributed by atoms with Crippen molar-refractivity contribution in [3.8, 4) is 11.4 Å². The number of carbonyl (C=O) groups excluding carboxylic acids is 1. The Morgan fingerprint density at radius 3 is 2.76 bits per heavy atom. The smallest absolute Gasteiger partial charge is 0.259 e. The van der Waals surface area contributed by atoms with E-state index in [2.05, 4.69) is 10.3 Å². The molecule has 29 heavy (non-hydrogen) atoms. The van der Waals surface area contributed by atoms with Crippen LogP contribution in [0.5, 0.6) is 0 Å². The zero-order valence-corrected chi connectivity index (χ0v) is 16.2. The van der Waals surface area contributed by atoms with Crippen LogP contribution in [0.4, 0.5) is 13.8 Å². The molecule has 0 bridgehead atoms. The number of rotatable bonds is 3. The predicted molar refractivity (Wildman–Crippen MR) is 110 cm³/mol. The van der Waals surface area contributed by atoms with Crippen molar-refractivity contribution in [2.75, 3.05) is 5.32 Å². The molecule has 2 heterocycles. The molecule has 1 amide bonds. The average Bonchev–Trinajstić information content (AvgIpc) is 3.28. The van der Waals surface area contributed by atoms with Crippen LogP contribution >= 0.6 is 11.3 Å². The number of amides is 1. The fourth-order valence-corrected chi connectivity index (χ4v) is 5.11. The Bertz CT molecular complexity index is 1210. The van der Waals surface area contributed by atoms with E-state index in [1.165, 1.54) is 21.8 Å². The number of anilines is 1. The Balaban J connectivity index is 1.59. The zero-order valence-electron chi connectivity index (χ0n) is 15.4. The quantitative estimate of drug-likeness (QED) is 0.456. The first-order valence-corrected chi connectivity index (χ1v) is 10.3. The number of nitrogens with zero attached hydrogens (tertiary/aromatic N) is 1. The largest absolute Gasteiger partial charge is 0.338 e. The van der Waals surface area contributed by atoms with E-state index in [9.17, 15) is 13.6 Å². The molecule has 0 atom stereocenters. The summed E-state index contributed by atoms with van der Waals surface area (Å²) in [5.41, 5.74) is 3.64. The van der Waals surface area contributed by atoms with Crippen molar-refractivity contribution in [2.24, 2.45) is 0 Å². The van der Waals surface area contributed by atoms with Gasteiger partial charge in [0, 0.05) is 10.9 Å². The van der Waals surface area contributed by atoms with E-state index < -0.39 is 17.5 Å². The van der Waals surface area contributed by atoms with Crippen LogP contribution in [0.2, 0.25) is 0 Å². The molecule has 2 aromatic carbocycles. The molecule has 0 fully saturated rings. The highest BCUT2D eigenvalue weighted by atomic mass is 32.1. The van der Waals surface area contributed by atoms with E-state index in [1.54, 1.807) is 0 Å². The van der Waals surface area contributed by atoms with E-state index >= 15 is 0 Å². The number of hydrogen-bond donors (Lipinski definition) is 2. The van der Waals surface area contributed by atoms with Crippen LogP contribution in [0.15, 0.2) is 42.5 Å². The molecule has 4 nitrogen and oxygen atoms in total. The van der Waals surface area contributed by atoms with E-state index in [1.807, 2.05) is 24.3 Å². The number of para-hydroxylation sites is 2. The minimum absolute atomic E-state index is 0.187. The summed E-state index contributed by atoms with van der Waals surface area (Å²) in [7, 11) is 0. The third-order valence-corrected chi connectivity index (χ3v) is 6.41. The Labute approximate surface area is 169 Å². The highest BCUT2D eigenvalue weighted by Gasteiger charge is 2.25. The number of aromatic nitrogens is 2. The summed E-state index contributed by atoms with van der Waals surface area (Å²) >= 11 is 1.51. The van der Waals surface area contributed by atoms with Crippen LogP contribution in [0.1, 0.15) is 33.6 Å². The van der Waals surface area contributed by atoms with Crippen LogP contribution in [0.25, 0.3) is 22.4 Å². The van der Waals surface area contributed by atoms with Gasteiger partial charge in [0.2, 0.25) is 0 Å². The summed E-state index contributed by atoms with van der Waals surface area (Å²) in [6, 6.07) is 10.7. The van der Waals surface area contributed by atoms with Gasteiger partial charge in [0.05, 0.1) is 22.2 Å². The van der Waals surface area contributed by atoms with Crippen LogP contribution in [0.3, 0.4) is 0 Å². The molecule has 2 N–H and O–H groups in total. The number of carbonyl (C=O) groups is 1. The van der Waals surface area contributed by atoms with Gasteiger partial charge in [0.1, 0.15) is 22.5 Å². The number of thiophene rings is 1. The Hall–Kier alpha value is -3.06. The lowest BCUT2D eigenvalue weighted by atomic mass is 9.95. The molecule has 5 rings (SSSR count). The van der Waals surface area contributed by atoms with Gasteiger partial charge in [0.25, 0.3) is 5.91 Å². The van der Waals surface area contributed by atoms with Gasteiger partial charge in [-0.1, -0.05) is 12.1 Å². The summed E-state index contributed by atoms with van der Waals surface area (Å²) in [4.78, 5) is 22.0. The van der Waals surface area contributed by atoms with Gasteiger partial charge in [-0.25, -0.2) is 13.8 Å². The van der Waals surface area contributed by atoms with Gasteiger partial charge in [-0.15, -0.1) is 11.3 Å². The molecule has 0 radical (unpaired) electrons. The van der Waals surface area contributed by atoms with E-state index in [0.717, 1.165) is 54.4 Å². The molecular weight excluding hydrogens is 392 g/mol. The normalized spacial score (nSPS) is 13.4. The number of halogens is 2. The van der Waals surface area contributed by atoms with Crippen molar-refractivity contribution in [2.45, 2.75) is 25.7 Å². The molecule has 7 heteroatoms. The standard InChI is InChI=1S/C22H17F2N3OS/c23-12-9-10-13(15(24)11-12)21(28)27-22-19(14-5-1-4-8-18(14)29-22)20-25-16-6-2-3-7-17(16)26-20/h2-3,6-7,9-11H,1,4-5,8H2,(H,25,26)(H,27,28). The number of H-pyrrole nitrogens is 1. The first-order chi connectivity index (χ1) is 14.1. The minimum atomic E-state index is -0.880. The molecule has 0 saturated heterocycles. The third-order valence-electron chi connectivity index (χ3n) is 5.20. The molecule has 146 valence electrons. The van der Waals surface area contributed by atoms with Crippen molar-refractivity contribution in [1.29, 1.82) is 0 Å². The summed E-state index contributed by atoms with van der Waals surface area (Å²) in [5, 5.41) is 3.49. The summed E-state index contributed by atoms with van der Waals surface area (Å²) in [6.45, 7) is 0. The second-order valence-electron chi connectivity index (χ2n) is 7.10. The van der Waals surface area contributed by atoms with Crippen LogP contribution in [-0.2, 0) is 12.8 Å². The number of fused-ring (bicyclic) bond motifs is 2. The minimum Gasteiger partial charge on any atom is -0.338 e. The van der Waals surface area contributed by atoms with Gasteiger partial charge in [-0.2, -0.15) is 0 Å². The van der Waals surface area contributed by atoms with Gasteiger partial charge in [-0.3, -0.25) is 4.79 Å². The molecule has 0 unspecified atom stereocenters. The van der Waals surface area contributed by atoms with E-state index in [4.69, 9.17) is 4.98 Å². The SMILES string of the molecule is O=C(Nc1sc2c(c1-c1nc3ccccc3[nH]1)CCCC2)c1ccc(F)cc1F. The first-order valence-electron chi connectivity index (χ1n) is 9.46. The number of benzene rings is 2. The Morgan fingerprint density at radius 2 is 1.93 bits per heavy atom. The molecule has 1 aliphatic carbocycles. The molecule has 1 aliphatic rings. The topological polar surface area (TPSA) is 57.8 Å². The second kappa shape index (κ2) is 7.08. The summed E-state index contributed by atoms with van der Waals surface area (Å²) in [5.74, 6) is -1.50. The first kappa shape index (κ1) is 18.0. The van der Waals surface area contributed by atoms with Gasteiger partial charge in [-0.05, 0) is 55.5 Å². The second-order valence-corrected chi connectivity index (χ2v) is 8.20. The zero-order chi connectivity index (χ0) is 20.0. The maximum absolute atomic E-state index is 14.1. The van der Waals surface area contributed by atoms with Gasteiger partial charge in [0.15, 0.2) is 0 Å². The number of aromatic amines is 1. The number of hydrogen-bond acceptors (Lipinski definition) is 3. The van der Waals surface area contributed by atoms with Crippen molar-refractivity contribution < 1.29 is 13.6 Å². The monoisotopic (exact) mass is 409 g/mol. The average molecular weight is 409 g/mol. The fourth-order valence-electron chi connectivity index (χ4n) is 3.82. The highest BCUT2D eigenvalue weighted by Crippen LogP contribution is 2.43. The number of nitrogens with one attached hydrogen (secondary N) is 2. The van der Waals surface area contributed by atoms with Crippen LogP contribution in [0, 0.1) is 11.6 Å². The molecule has 4 aromatic rings. The van der Waals surface area contributed by atoms with E-state index in [0.29, 0.717) is 16.9 Å². The van der Waals surface area contributed by atoms with Crippen LogP contribution < -0.4 is 5.32 Å². The van der Waals surface area contributed by atoms with Crippen molar-refractivity contribution in [3.05, 3.63) is 70.1 Å². The Morgan fingerprint density at radius 1 is 1.10 bits per heavy atom. The summed E-state index contributed by atoms with van der Waals surface area (Å²) in [6.07, 6.45) is 4.05.